The monoisotopic (exact) mass is 2130 g/mol. The molecule has 0 fully saturated rings. The third kappa shape index (κ3) is 51.1. The third-order valence-corrected chi connectivity index (χ3v) is 46.7. The van der Waals surface area contributed by atoms with E-state index in [1.54, 1.807) is 108 Å². The van der Waals surface area contributed by atoms with E-state index in [-0.39, 0.29) is 0 Å². The highest BCUT2D eigenvalue weighted by atomic mass is 32.1. The zero-order valence-corrected chi connectivity index (χ0v) is 104. The lowest BCUT2D eigenvalue weighted by Gasteiger charge is -2.17. The van der Waals surface area contributed by atoms with Gasteiger partial charge in [0.25, 0.3) is 0 Å². The van der Waals surface area contributed by atoms with Crippen molar-refractivity contribution in [2.75, 3.05) is 0 Å². The van der Waals surface area contributed by atoms with Crippen molar-refractivity contribution in [1.29, 1.82) is 0 Å². The molecule has 0 saturated heterocycles. The molecule has 9 heterocycles. The molecule has 4 unspecified atom stereocenters. The second-order valence-electron chi connectivity index (χ2n) is 47.0. The van der Waals surface area contributed by atoms with E-state index in [4.69, 9.17) is 0 Å². The SMILES string of the molecule is CCCCCCCCCCC(CCCCCCCC)CCCCCCCCc1c(C)sc2c1sc1c2sc2c3sc(C)c(CCCCCCCCC(CCCCCCCC)CCCCCCCCCC)c3sc21.CCCCCCCCCCC(CCCCCCCC)CCCCCCCCc1c(C)sc2c1sc1c3sc(C)c(CCCCCCCCC(CCCCCCCC)CCCCCCCCCC)c3sc21. The second-order valence-corrected chi connectivity index (χ2v) is 57.1. The van der Waals surface area contributed by atoms with Gasteiger partial charge in [0.2, 0.25) is 0 Å². The van der Waals surface area contributed by atoms with Gasteiger partial charge in [0.1, 0.15) is 0 Å². The number of aryl methyl sites for hydroxylation is 8. The molecule has 0 N–H and O–H groups in total. The average molecular weight is 2130 g/mol. The zero-order valence-electron chi connectivity index (χ0n) is 96.9. The maximum Gasteiger partial charge on any atom is 0.0651 e. The summed E-state index contributed by atoms with van der Waals surface area (Å²) in [5.41, 5.74) is 6.79. The third-order valence-electron chi connectivity index (χ3n) is 34.2. The summed E-state index contributed by atoms with van der Waals surface area (Å²) in [6.45, 7) is 28.4. The molecule has 0 aliphatic rings. The number of fused-ring (bicyclic) bond motifs is 12. The van der Waals surface area contributed by atoms with Crippen LogP contribution in [-0.2, 0) is 25.7 Å². The Kier molecular flexibility index (Phi) is 74.4. The largest absolute Gasteiger partial charge is 0.138 e. The molecule has 0 aliphatic heterocycles. The lowest BCUT2D eigenvalue weighted by atomic mass is 9.89. The van der Waals surface area contributed by atoms with Gasteiger partial charge in [-0.15, -0.1) is 102 Å². The van der Waals surface area contributed by atoms with Crippen molar-refractivity contribution in [3.8, 4) is 0 Å². The van der Waals surface area contributed by atoms with Crippen LogP contribution in [0.5, 0.6) is 0 Å². The van der Waals surface area contributed by atoms with Gasteiger partial charge in [-0.25, -0.2) is 0 Å². The molecular formula is C134H232S9. The summed E-state index contributed by atoms with van der Waals surface area (Å²) < 4.78 is 22.7. The first kappa shape index (κ1) is 127. The van der Waals surface area contributed by atoms with Gasteiger partial charge in [-0.2, -0.15) is 0 Å². The van der Waals surface area contributed by atoms with E-state index >= 15 is 0 Å². The standard InChI is InChI=1S/C68H116S5.C66H116S4/c1-7-11-15-19-23-25-33-41-49-57(47-39-31-21-17-13-9-3)51-43-35-27-29-37-45-53-59-55(5)69-63-61(59)71-67-65(63)73-66-64-62(72-68(66)67)60(56(6)70-64)54-46-38-30-28-36-44-52-58(48-40-32-22-18-14-10-4)50-42-34-26-24-20-16-12-8-2;1-7-11-15-19-23-25-33-41-49-57(47-39-31-21-17-13-9-3)51-43-35-27-29-37-45-53-59-55(5)67-63-61(59)69-66-64-62(70-65(63)66)60(56(6)68-64)54-46-38-30-28-36-44-52-58(48-40-32-22-18-14-10-4)50-42-34-26-24-20-16-12-8-2/h57-58H,7-54H2,1-6H3;57-58H,7-54H2,1-6H3. The fraction of sp³-hybridized carbons (Fsp3) is 0.836. The molecule has 4 atom stereocenters. The second kappa shape index (κ2) is 83.5. The van der Waals surface area contributed by atoms with Crippen LogP contribution in [0, 0.1) is 51.4 Å². The number of rotatable bonds is 100. The molecule has 0 saturated carbocycles. The van der Waals surface area contributed by atoms with Crippen molar-refractivity contribution in [3.05, 3.63) is 41.8 Å². The van der Waals surface area contributed by atoms with Crippen molar-refractivity contribution in [2.24, 2.45) is 23.7 Å². The predicted octanol–water partition coefficient (Wildman–Crippen LogP) is 53.9. The Hall–Kier alpha value is -0.880. The number of hydrogen-bond acceptors (Lipinski definition) is 9. The predicted molar refractivity (Wildman–Crippen MR) is 674 cm³/mol. The molecule has 0 spiro atoms. The summed E-state index contributed by atoms with van der Waals surface area (Å²) in [5, 5.41) is 0. The molecular weight excluding hydrogens is 1900 g/mol. The summed E-state index contributed by atoms with van der Waals surface area (Å²) in [6.07, 6.45) is 139. The van der Waals surface area contributed by atoms with Crippen molar-refractivity contribution in [1.82, 2.24) is 0 Å². The average Bonchev–Trinajstić information content (AvgIpc) is 1.53. The van der Waals surface area contributed by atoms with E-state index in [0.717, 1.165) is 23.7 Å². The Morgan fingerprint density at radius 2 is 0.210 bits per heavy atom. The number of thiophene rings is 9. The molecule has 0 aromatic carbocycles. The van der Waals surface area contributed by atoms with Crippen molar-refractivity contribution >= 4 is 168 Å². The van der Waals surface area contributed by atoms with Gasteiger partial charge in [0.05, 0.1) is 65.8 Å². The Morgan fingerprint density at radius 3 is 0.336 bits per heavy atom. The van der Waals surface area contributed by atoms with E-state index in [9.17, 15) is 0 Å². The van der Waals surface area contributed by atoms with Gasteiger partial charge in [-0.05, 0) is 125 Å². The van der Waals surface area contributed by atoms with Crippen LogP contribution in [0.25, 0.3) is 65.8 Å². The number of unbranched alkanes of at least 4 members (excludes halogenated alkanes) is 68. The molecule has 9 aromatic rings. The topological polar surface area (TPSA) is 0 Å². The van der Waals surface area contributed by atoms with E-state index < -0.39 is 0 Å². The lowest BCUT2D eigenvalue weighted by Crippen LogP contribution is -2.01. The Labute approximate surface area is 924 Å². The van der Waals surface area contributed by atoms with E-state index in [1.807, 2.05) is 0 Å². The van der Waals surface area contributed by atoms with Gasteiger partial charge in [-0.3, -0.25) is 0 Å². The molecule has 0 aliphatic carbocycles. The Balaban J connectivity index is 0.000000350. The van der Waals surface area contributed by atoms with E-state index in [0.29, 0.717) is 0 Å². The molecule has 0 amide bonds. The number of hydrogen-bond donors (Lipinski definition) is 0. The summed E-state index contributed by atoms with van der Waals surface area (Å²) in [7, 11) is 0. The molecule has 9 aromatic heterocycles. The van der Waals surface area contributed by atoms with Crippen LogP contribution >= 0.6 is 102 Å². The summed E-state index contributed by atoms with van der Waals surface area (Å²) in [4.78, 5) is 6.38. The molecule has 9 heteroatoms. The highest BCUT2D eigenvalue weighted by Crippen LogP contribution is 2.57. The van der Waals surface area contributed by atoms with Crippen molar-refractivity contribution < 1.29 is 0 Å². The molecule has 0 bridgehead atoms. The molecule has 0 radical (unpaired) electrons. The van der Waals surface area contributed by atoms with Crippen molar-refractivity contribution in [2.45, 2.75) is 699 Å². The summed E-state index contributed by atoms with van der Waals surface area (Å²) in [6, 6.07) is 0. The van der Waals surface area contributed by atoms with Crippen LogP contribution in [0.1, 0.15) is 688 Å². The fourth-order valence-corrected chi connectivity index (χ4v) is 38.5. The van der Waals surface area contributed by atoms with Crippen LogP contribution in [0.4, 0.5) is 0 Å². The summed E-state index contributed by atoms with van der Waals surface area (Å²) in [5.74, 6) is 4.01. The lowest BCUT2D eigenvalue weighted by molar-refractivity contribution is 0.365. The summed E-state index contributed by atoms with van der Waals surface area (Å²) >= 11 is 19.2. The maximum absolute atomic E-state index is 2.42. The smallest absolute Gasteiger partial charge is 0.0651 e. The van der Waals surface area contributed by atoms with Crippen LogP contribution in [0.3, 0.4) is 0 Å². The highest BCUT2D eigenvalue weighted by Gasteiger charge is 2.27. The maximum atomic E-state index is 2.42. The van der Waals surface area contributed by atoms with E-state index in [2.05, 4.69) is 185 Å². The molecule has 0 nitrogen and oxygen atoms in total. The molecule has 822 valence electrons. The van der Waals surface area contributed by atoms with Gasteiger partial charge in [0, 0.05) is 19.5 Å². The van der Waals surface area contributed by atoms with Gasteiger partial charge >= 0.3 is 0 Å². The minimum absolute atomic E-state index is 1.00. The highest BCUT2D eigenvalue weighted by molar-refractivity contribution is 7.48. The first-order valence-corrected chi connectivity index (χ1v) is 72.0. The molecule has 143 heavy (non-hydrogen) atoms. The van der Waals surface area contributed by atoms with Crippen molar-refractivity contribution in [3.63, 3.8) is 0 Å². The normalized spacial score (nSPS) is 13.1. The molecule has 9 rings (SSSR count). The van der Waals surface area contributed by atoms with Crippen LogP contribution in [0.15, 0.2) is 0 Å². The minimum Gasteiger partial charge on any atom is -0.138 e. The Morgan fingerprint density at radius 1 is 0.112 bits per heavy atom. The first-order valence-electron chi connectivity index (χ1n) is 64.6. The van der Waals surface area contributed by atoms with Gasteiger partial charge in [0.15, 0.2) is 0 Å². The quantitative estimate of drug-likeness (QED) is 0.0333. The minimum atomic E-state index is 1.00. The first-order chi connectivity index (χ1) is 70.5. The van der Waals surface area contributed by atoms with Crippen LogP contribution in [0.2, 0.25) is 0 Å². The van der Waals surface area contributed by atoms with E-state index in [1.165, 1.54) is 616 Å². The van der Waals surface area contributed by atoms with Crippen LogP contribution < -0.4 is 0 Å². The van der Waals surface area contributed by atoms with Gasteiger partial charge in [-0.1, -0.05) is 620 Å². The van der Waals surface area contributed by atoms with Gasteiger partial charge < -0.3 is 0 Å². The van der Waals surface area contributed by atoms with Crippen LogP contribution in [-0.4, -0.2) is 0 Å². The fourth-order valence-electron chi connectivity index (χ4n) is 24.7. The zero-order chi connectivity index (χ0) is 101. The Bertz CT molecular complexity index is 4160.